The molecule has 0 heterocycles. The van der Waals surface area contributed by atoms with Crippen LogP contribution >= 0.6 is 0 Å². The molecule has 1 rings (SSSR count). The van der Waals surface area contributed by atoms with Gasteiger partial charge in [-0.05, 0) is 18.6 Å². The van der Waals surface area contributed by atoms with Crippen molar-refractivity contribution in [2.45, 2.75) is 32.0 Å². The zero-order valence-corrected chi connectivity index (χ0v) is 11.7. The molecule has 21 heavy (non-hydrogen) atoms. The Labute approximate surface area is 120 Å². The van der Waals surface area contributed by atoms with E-state index in [4.69, 9.17) is 0 Å². The van der Waals surface area contributed by atoms with E-state index in [9.17, 15) is 22.8 Å². The number of halogens is 3. The molecule has 116 valence electrons. The molecular formula is C14H16F3NO3. The average molecular weight is 303 g/mol. The van der Waals surface area contributed by atoms with Gasteiger partial charge in [-0.25, -0.2) is 0 Å². The number of hydrogen-bond donors (Lipinski definition) is 1. The third kappa shape index (κ3) is 5.85. The van der Waals surface area contributed by atoms with Crippen LogP contribution in [-0.4, -0.2) is 25.0 Å². The van der Waals surface area contributed by atoms with Crippen molar-refractivity contribution in [3.05, 3.63) is 35.4 Å². The van der Waals surface area contributed by atoms with E-state index in [0.717, 1.165) is 12.1 Å². The smallest absolute Gasteiger partial charge is 0.416 e. The van der Waals surface area contributed by atoms with Crippen LogP contribution in [0.5, 0.6) is 0 Å². The molecule has 0 aliphatic carbocycles. The van der Waals surface area contributed by atoms with E-state index in [1.54, 1.807) is 6.92 Å². The number of amides is 1. The average Bonchev–Trinajstić information content (AvgIpc) is 2.37. The number of carbonyl (C=O) groups excluding carboxylic acids is 2. The maximum Gasteiger partial charge on any atom is 0.416 e. The first-order chi connectivity index (χ1) is 9.72. The maximum atomic E-state index is 12.5. The highest BCUT2D eigenvalue weighted by Crippen LogP contribution is 2.29. The summed E-state index contributed by atoms with van der Waals surface area (Å²) >= 11 is 0. The van der Waals surface area contributed by atoms with Crippen molar-refractivity contribution < 1.29 is 27.5 Å². The first kappa shape index (κ1) is 17.0. The van der Waals surface area contributed by atoms with Crippen LogP contribution in [0, 0.1) is 0 Å². The molecule has 1 unspecified atom stereocenters. The van der Waals surface area contributed by atoms with Gasteiger partial charge >= 0.3 is 12.1 Å². The number of carbonyl (C=O) groups is 2. The van der Waals surface area contributed by atoms with Gasteiger partial charge in [0.2, 0.25) is 5.91 Å². The van der Waals surface area contributed by atoms with E-state index in [2.05, 4.69) is 10.1 Å². The van der Waals surface area contributed by atoms with Gasteiger partial charge < -0.3 is 10.1 Å². The number of ether oxygens (including phenoxy) is 1. The minimum atomic E-state index is -4.44. The number of esters is 1. The number of rotatable bonds is 5. The minimum Gasteiger partial charge on any atom is -0.469 e. The molecule has 0 spiro atoms. The maximum absolute atomic E-state index is 12.5. The van der Waals surface area contributed by atoms with Crippen LogP contribution in [0.4, 0.5) is 13.2 Å². The van der Waals surface area contributed by atoms with Crippen molar-refractivity contribution in [1.82, 2.24) is 5.32 Å². The lowest BCUT2D eigenvalue weighted by Crippen LogP contribution is -2.35. The summed E-state index contributed by atoms with van der Waals surface area (Å²) in [5, 5.41) is 2.53. The number of methoxy groups -OCH3 is 1. The summed E-state index contributed by atoms with van der Waals surface area (Å²) in [7, 11) is 1.24. The SMILES string of the molecule is COC(=O)CC(C)NC(=O)Cc1cccc(C(F)(F)F)c1. The number of alkyl halides is 3. The fraction of sp³-hybridized carbons (Fsp3) is 0.429. The quantitative estimate of drug-likeness (QED) is 0.849. The van der Waals surface area contributed by atoms with Crippen LogP contribution < -0.4 is 5.32 Å². The minimum absolute atomic E-state index is 0.00479. The second-order valence-corrected chi connectivity index (χ2v) is 4.62. The topological polar surface area (TPSA) is 55.4 Å². The highest BCUT2D eigenvalue weighted by atomic mass is 19.4. The number of nitrogens with one attached hydrogen (secondary N) is 1. The summed E-state index contributed by atoms with van der Waals surface area (Å²) < 4.78 is 42.1. The normalized spacial score (nSPS) is 12.6. The van der Waals surface area contributed by atoms with E-state index in [1.165, 1.54) is 19.2 Å². The van der Waals surface area contributed by atoms with E-state index in [1.807, 2.05) is 0 Å². The van der Waals surface area contributed by atoms with Crippen molar-refractivity contribution in [3.63, 3.8) is 0 Å². The standard InChI is InChI=1S/C14H16F3NO3/c1-9(6-13(20)21-2)18-12(19)8-10-4-3-5-11(7-10)14(15,16)17/h3-5,7,9H,6,8H2,1-2H3,(H,18,19). The molecule has 1 aromatic rings. The molecule has 7 heteroatoms. The van der Waals surface area contributed by atoms with Gasteiger partial charge in [-0.1, -0.05) is 18.2 Å². The van der Waals surface area contributed by atoms with Crippen molar-refractivity contribution in [2.75, 3.05) is 7.11 Å². The zero-order chi connectivity index (χ0) is 16.0. The Morgan fingerprint density at radius 1 is 1.33 bits per heavy atom. The Bertz CT molecular complexity index is 514. The number of hydrogen-bond acceptors (Lipinski definition) is 3. The molecule has 0 saturated heterocycles. The van der Waals surface area contributed by atoms with Crippen molar-refractivity contribution in [2.24, 2.45) is 0 Å². The fourth-order valence-electron chi connectivity index (χ4n) is 1.75. The van der Waals surface area contributed by atoms with Crippen molar-refractivity contribution in [1.29, 1.82) is 0 Å². The molecule has 1 N–H and O–H groups in total. The number of benzene rings is 1. The first-order valence-corrected chi connectivity index (χ1v) is 6.24. The zero-order valence-electron chi connectivity index (χ0n) is 11.7. The molecule has 4 nitrogen and oxygen atoms in total. The molecule has 1 amide bonds. The summed E-state index contributed by atoms with van der Waals surface area (Å²) in [5.74, 6) is -0.924. The molecule has 0 saturated carbocycles. The van der Waals surface area contributed by atoms with Crippen LogP contribution in [0.2, 0.25) is 0 Å². The summed E-state index contributed by atoms with van der Waals surface area (Å²) in [6.45, 7) is 1.61. The highest BCUT2D eigenvalue weighted by Gasteiger charge is 2.30. The van der Waals surface area contributed by atoms with Crippen molar-refractivity contribution in [3.8, 4) is 0 Å². The van der Waals surface area contributed by atoms with Crippen LogP contribution in [-0.2, 0) is 26.9 Å². The predicted molar refractivity (Wildman–Crippen MR) is 69.4 cm³/mol. The van der Waals surface area contributed by atoms with Gasteiger partial charge in [0, 0.05) is 6.04 Å². The van der Waals surface area contributed by atoms with Gasteiger partial charge in [0.1, 0.15) is 0 Å². The second-order valence-electron chi connectivity index (χ2n) is 4.62. The molecule has 1 aromatic carbocycles. The van der Waals surface area contributed by atoms with Gasteiger partial charge in [-0.3, -0.25) is 9.59 Å². The van der Waals surface area contributed by atoms with Crippen molar-refractivity contribution >= 4 is 11.9 Å². The molecular weight excluding hydrogens is 287 g/mol. The van der Waals surface area contributed by atoms with Crippen LogP contribution in [0.3, 0.4) is 0 Å². The van der Waals surface area contributed by atoms with Gasteiger partial charge in [0.05, 0.1) is 25.5 Å². The van der Waals surface area contributed by atoms with E-state index < -0.39 is 29.7 Å². The molecule has 0 aromatic heterocycles. The van der Waals surface area contributed by atoms with Crippen LogP contribution in [0.25, 0.3) is 0 Å². The lowest BCUT2D eigenvalue weighted by molar-refractivity contribution is -0.141. The van der Waals surface area contributed by atoms with Gasteiger partial charge in [0.15, 0.2) is 0 Å². The van der Waals surface area contributed by atoms with E-state index >= 15 is 0 Å². The molecule has 1 atom stereocenters. The summed E-state index contributed by atoms with van der Waals surface area (Å²) in [6.07, 6.45) is -4.62. The fourth-order valence-corrected chi connectivity index (χ4v) is 1.75. The summed E-state index contributed by atoms with van der Waals surface area (Å²) in [6, 6.07) is 4.13. The molecule has 0 bridgehead atoms. The molecule has 0 aliphatic rings. The predicted octanol–water partition coefficient (Wildman–Crippen LogP) is 2.32. The molecule has 0 radical (unpaired) electrons. The third-order valence-electron chi connectivity index (χ3n) is 2.73. The Morgan fingerprint density at radius 2 is 2.00 bits per heavy atom. The summed E-state index contributed by atoms with van der Waals surface area (Å²) in [4.78, 5) is 22.7. The third-order valence-corrected chi connectivity index (χ3v) is 2.73. The molecule has 0 fully saturated rings. The van der Waals surface area contributed by atoms with E-state index in [-0.39, 0.29) is 18.4 Å². The van der Waals surface area contributed by atoms with Crippen LogP contribution in [0.1, 0.15) is 24.5 Å². The van der Waals surface area contributed by atoms with E-state index in [0.29, 0.717) is 0 Å². The van der Waals surface area contributed by atoms with Gasteiger partial charge in [0.25, 0.3) is 0 Å². The lowest BCUT2D eigenvalue weighted by atomic mass is 10.1. The lowest BCUT2D eigenvalue weighted by Gasteiger charge is -2.13. The summed E-state index contributed by atoms with van der Waals surface area (Å²) in [5.41, 5.74) is -0.539. The van der Waals surface area contributed by atoms with Gasteiger partial charge in [-0.15, -0.1) is 0 Å². The van der Waals surface area contributed by atoms with Crippen LogP contribution in [0.15, 0.2) is 24.3 Å². The monoisotopic (exact) mass is 303 g/mol. The molecule has 0 aliphatic heterocycles. The Morgan fingerprint density at radius 3 is 2.57 bits per heavy atom. The highest BCUT2D eigenvalue weighted by molar-refractivity contribution is 5.79. The Kier molecular flexibility index (Phi) is 5.75. The largest absolute Gasteiger partial charge is 0.469 e. The van der Waals surface area contributed by atoms with Gasteiger partial charge in [-0.2, -0.15) is 13.2 Å². The Hall–Kier alpha value is -2.05. The first-order valence-electron chi connectivity index (χ1n) is 6.24. The Balaban J connectivity index is 2.61. The second kappa shape index (κ2) is 7.10.